The molecular formula is C21H22F2N8O. The van der Waals surface area contributed by atoms with Crippen LogP contribution in [-0.2, 0) is 6.54 Å². The molecule has 0 bridgehead atoms. The number of benzene rings is 1. The molecule has 3 aromatic rings. The van der Waals surface area contributed by atoms with E-state index in [-0.39, 0.29) is 36.0 Å². The molecule has 1 aromatic carbocycles. The summed E-state index contributed by atoms with van der Waals surface area (Å²) >= 11 is 0. The summed E-state index contributed by atoms with van der Waals surface area (Å²) in [5, 5.41) is 13.5. The van der Waals surface area contributed by atoms with E-state index in [1.54, 1.807) is 18.2 Å². The lowest BCUT2D eigenvalue weighted by Gasteiger charge is -2.14. The van der Waals surface area contributed by atoms with Gasteiger partial charge in [0.2, 0.25) is 0 Å². The van der Waals surface area contributed by atoms with Crippen molar-refractivity contribution in [1.29, 1.82) is 5.41 Å². The van der Waals surface area contributed by atoms with Crippen LogP contribution in [0.3, 0.4) is 0 Å². The number of nitrogens with zero attached hydrogens (tertiary/aromatic N) is 2. The summed E-state index contributed by atoms with van der Waals surface area (Å²) in [5.74, 6) is 4.48. The van der Waals surface area contributed by atoms with Gasteiger partial charge in [0.15, 0.2) is 5.82 Å². The van der Waals surface area contributed by atoms with Gasteiger partial charge in [-0.3, -0.25) is 15.2 Å². The third-order valence-electron chi connectivity index (χ3n) is 4.64. The van der Waals surface area contributed by atoms with Crippen LogP contribution >= 0.6 is 0 Å². The molecule has 8 N–H and O–H groups in total. The molecule has 9 nitrogen and oxygen atoms in total. The Morgan fingerprint density at radius 2 is 1.97 bits per heavy atom. The Labute approximate surface area is 182 Å². The van der Waals surface area contributed by atoms with Crippen molar-refractivity contribution < 1.29 is 8.78 Å². The van der Waals surface area contributed by atoms with Crippen molar-refractivity contribution in [2.75, 3.05) is 17.2 Å². The van der Waals surface area contributed by atoms with E-state index in [2.05, 4.69) is 21.0 Å². The Hall–Kier alpha value is -4.25. The van der Waals surface area contributed by atoms with Gasteiger partial charge in [-0.05, 0) is 12.1 Å². The van der Waals surface area contributed by atoms with E-state index in [9.17, 15) is 13.6 Å². The minimum absolute atomic E-state index is 0.00440. The highest BCUT2D eigenvalue weighted by molar-refractivity contribution is 5.85. The zero-order chi connectivity index (χ0) is 23.1. The fourth-order valence-electron chi connectivity index (χ4n) is 2.92. The van der Waals surface area contributed by atoms with Gasteiger partial charge in [-0.1, -0.05) is 18.2 Å². The van der Waals surface area contributed by atoms with E-state index in [0.717, 1.165) is 17.0 Å². The molecule has 0 aliphatic rings. The molecule has 0 radical (unpaired) electrons. The monoisotopic (exact) mass is 440 g/mol. The molecule has 0 aliphatic heterocycles. The van der Waals surface area contributed by atoms with Crippen molar-refractivity contribution in [2.24, 2.45) is 11.6 Å². The topological polar surface area (TPSA) is 147 Å². The molecule has 2 aromatic heterocycles. The average molecular weight is 440 g/mol. The predicted molar refractivity (Wildman–Crippen MR) is 119 cm³/mol. The number of hydrazine groups is 1. The zero-order valence-electron chi connectivity index (χ0n) is 16.9. The number of halogens is 2. The lowest BCUT2D eigenvalue weighted by molar-refractivity contribution is 0.610. The molecule has 32 heavy (non-hydrogen) atoms. The molecule has 0 unspecified atom stereocenters. The molecule has 0 saturated carbocycles. The first-order chi connectivity index (χ1) is 15.5. The highest BCUT2D eigenvalue weighted by atomic mass is 19.1. The van der Waals surface area contributed by atoms with Crippen molar-refractivity contribution in [3.05, 3.63) is 93.8 Å². The van der Waals surface area contributed by atoms with Gasteiger partial charge in [0.25, 0.3) is 5.56 Å². The molecule has 0 aliphatic carbocycles. The molecule has 0 spiro atoms. The predicted octanol–water partition coefficient (Wildman–Crippen LogP) is 1.80. The molecular weight excluding hydrogens is 418 g/mol. The van der Waals surface area contributed by atoms with Crippen LogP contribution in [0.5, 0.6) is 0 Å². The fraction of sp³-hybridized carbons (Fsp3) is 0.0952. The molecule has 0 saturated heterocycles. The summed E-state index contributed by atoms with van der Waals surface area (Å²) in [7, 11) is 0. The Morgan fingerprint density at radius 1 is 1.19 bits per heavy atom. The van der Waals surface area contributed by atoms with E-state index >= 15 is 0 Å². The van der Waals surface area contributed by atoms with Gasteiger partial charge in [-0.15, -0.1) is 0 Å². The minimum Gasteiger partial charge on any atom is -0.403 e. The van der Waals surface area contributed by atoms with Gasteiger partial charge in [0.05, 0.1) is 35.4 Å². The van der Waals surface area contributed by atoms with E-state index in [1.165, 1.54) is 30.6 Å². The largest absolute Gasteiger partial charge is 0.403 e. The smallest absolute Gasteiger partial charge is 0.266 e. The van der Waals surface area contributed by atoms with Gasteiger partial charge in [0.1, 0.15) is 11.6 Å². The molecule has 0 fully saturated rings. The highest BCUT2D eigenvalue weighted by Crippen LogP contribution is 2.18. The molecule has 11 heteroatoms. The molecule has 2 heterocycles. The van der Waals surface area contributed by atoms with Crippen molar-refractivity contribution in [3.63, 3.8) is 0 Å². The second-order valence-electron chi connectivity index (χ2n) is 6.62. The number of aromatic nitrogens is 2. The third kappa shape index (κ3) is 4.90. The number of nitrogens with one attached hydrogen (secondary N) is 4. The van der Waals surface area contributed by atoms with Crippen LogP contribution in [0, 0.1) is 17.0 Å². The Bertz CT molecular complexity index is 1210. The Morgan fingerprint density at radius 3 is 2.66 bits per heavy atom. The third-order valence-corrected chi connectivity index (χ3v) is 4.64. The molecule has 0 atom stereocenters. The van der Waals surface area contributed by atoms with E-state index in [4.69, 9.17) is 17.0 Å². The number of rotatable bonds is 9. The van der Waals surface area contributed by atoms with Gasteiger partial charge >= 0.3 is 0 Å². The highest BCUT2D eigenvalue weighted by Gasteiger charge is 2.14. The molecule has 3 rings (SSSR count). The SMILES string of the molecule is N=Cc1c(NCc2ccccc2F)ccn(-c2cc(NC/C(=C/N)NN)ncc2F)c1=O. The first-order valence-electron chi connectivity index (χ1n) is 9.49. The summed E-state index contributed by atoms with van der Waals surface area (Å²) < 4.78 is 29.4. The lowest BCUT2D eigenvalue weighted by atomic mass is 10.2. The van der Waals surface area contributed by atoms with Gasteiger partial charge in [-0.25, -0.2) is 13.8 Å². The standard InChI is InChI=1S/C21H22F2N8O/c22-16-4-2-1-3-13(16)10-27-18-5-6-31(21(32)15(18)9-25)19-7-20(29-12-17(19)23)28-11-14(8-24)30-26/h1-9,12,25,27,30H,10-11,24,26H2,(H,28,29)/b14-8-,25-9?. The quantitative estimate of drug-likeness (QED) is 0.169. The number of nitrogens with two attached hydrogens (primary N) is 2. The van der Waals surface area contributed by atoms with Crippen LogP contribution in [0.15, 0.2) is 65.5 Å². The van der Waals surface area contributed by atoms with Gasteiger partial charge in [-0.2, -0.15) is 0 Å². The summed E-state index contributed by atoms with van der Waals surface area (Å²) in [6, 6.07) is 9.09. The number of hydrogen-bond donors (Lipinski definition) is 6. The van der Waals surface area contributed by atoms with E-state index in [1.807, 2.05) is 0 Å². The van der Waals surface area contributed by atoms with Crippen LogP contribution in [-0.4, -0.2) is 22.3 Å². The Kier molecular flexibility index (Phi) is 7.13. The summed E-state index contributed by atoms with van der Waals surface area (Å²) in [6.45, 7) is 0.311. The average Bonchev–Trinajstić information content (AvgIpc) is 2.80. The Balaban J connectivity index is 1.90. The van der Waals surface area contributed by atoms with Crippen molar-refractivity contribution in [3.8, 4) is 5.69 Å². The zero-order valence-corrected chi connectivity index (χ0v) is 16.9. The van der Waals surface area contributed by atoms with Gasteiger partial charge < -0.3 is 27.2 Å². The lowest BCUT2D eigenvalue weighted by Crippen LogP contribution is -2.27. The number of hydrogen-bond acceptors (Lipinski definition) is 8. The fourth-order valence-corrected chi connectivity index (χ4v) is 2.92. The minimum atomic E-state index is -0.729. The van der Waals surface area contributed by atoms with Crippen molar-refractivity contribution in [2.45, 2.75) is 6.54 Å². The van der Waals surface area contributed by atoms with E-state index < -0.39 is 11.4 Å². The normalized spacial score (nSPS) is 11.2. The second kappa shape index (κ2) is 10.2. The van der Waals surface area contributed by atoms with Crippen LogP contribution in [0.1, 0.15) is 11.1 Å². The summed E-state index contributed by atoms with van der Waals surface area (Å²) in [5.41, 5.74) is 8.33. The number of pyridine rings is 2. The van der Waals surface area contributed by atoms with Crippen LogP contribution < -0.4 is 33.2 Å². The van der Waals surface area contributed by atoms with Crippen molar-refractivity contribution in [1.82, 2.24) is 15.0 Å². The van der Waals surface area contributed by atoms with Crippen LogP contribution in [0.2, 0.25) is 0 Å². The van der Waals surface area contributed by atoms with Crippen LogP contribution in [0.4, 0.5) is 20.3 Å². The first kappa shape index (κ1) is 22.4. The van der Waals surface area contributed by atoms with Crippen molar-refractivity contribution >= 4 is 17.7 Å². The molecule has 0 amide bonds. The van der Waals surface area contributed by atoms with Crippen LogP contribution in [0.25, 0.3) is 5.69 Å². The molecule has 166 valence electrons. The second-order valence-corrected chi connectivity index (χ2v) is 6.62. The maximum atomic E-state index is 14.5. The summed E-state index contributed by atoms with van der Waals surface area (Å²) in [6.07, 6.45) is 4.48. The van der Waals surface area contributed by atoms with E-state index in [0.29, 0.717) is 16.9 Å². The van der Waals surface area contributed by atoms with Gasteiger partial charge in [0, 0.05) is 36.8 Å². The number of anilines is 2. The summed E-state index contributed by atoms with van der Waals surface area (Å²) in [4.78, 5) is 16.9. The maximum Gasteiger partial charge on any atom is 0.266 e. The first-order valence-corrected chi connectivity index (χ1v) is 9.49. The maximum absolute atomic E-state index is 14.5.